The van der Waals surface area contributed by atoms with Crippen LogP contribution in [0.2, 0.25) is 0 Å². The van der Waals surface area contributed by atoms with E-state index < -0.39 is 0 Å². The highest BCUT2D eigenvalue weighted by molar-refractivity contribution is 5.97. The van der Waals surface area contributed by atoms with E-state index in [0.717, 1.165) is 38.2 Å². The number of carbonyl (C=O) groups is 1. The minimum absolute atomic E-state index is 0.00948. The van der Waals surface area contributed by atoms with Gasteiger partial charge in [0.2, 0.25) is 0 Å². The standard InChI is InChI=1S/C23H32N4O2/c1-16(2)26-12-11-21-24-20-15-17(9-10-19(20)23(29)27(21)14-13-26)22(28)25(3)18-7-5-4-6-8-18/h9-10,15-16,18H,4-8,11-14H2,1-3H3. The van der Waals surface area contributed by atoms with Crippen molar-refractivity contribution in [2.24, 2.45) is 0 Å². The first kappa shape index (κ1) is 20.1. The van der Waals surface area contributed by atoms with Crippen LogP contribution >= 0.6 is 0 Å². The van der Waals surface area contributed by atoms with Crippen LogP contribution in [0, 0.1) is 0 Å². The van der Waals surface area contributed by atoms with E-state index in [2.05, 4.69) is 18.7 Å². The maximum absolute atomic E-state index is 13.1. The Kier molecular flexibility index (Phi) is 5.72. The molecule has 1 fully saturated rings. The van der Waals surface area contributed by atoms with Crippen LogP contribution in [0.3, 0.4) is 0 Å². The van der Waals surface area contributed by atoms with Crippen molar-refractivity contribution in [3.8, 4) is 0 Å². The maximum atomic E-state index is 13.1. The highest BCUT2D eigenvalue weighted by atomic mass is 16.2. The summed E-state index contributed by atoms with van der Waals surface area (Å²) in [4.78, 5) is 35.2. The lowest BCUT2D eigenvalue weighted by atomic mass is 9.94. The molecule has 6 nitrogen and oxygen atoms in total. The van der Waals surface area contributed by atoms with Crippen molar-refractivity contribution >= 4 is 16.8 Å². The SMILES string of the molecule is CC(C)N1CCc2nc3cc(C(=O)N(C)C4CCCCC4)ccc3c(=O)n2CC1. The number of hydrogen-bond donors (Lipinski definition) is 0. The molecule has 2 heterocycles. The molecule has 4 rings (SSSR count). The minimum Gasteiger partial charge on any atom is -0.339 e. The van der Waals surface area contributed by atoms with Crippen LogP contribution in [0.25, 0.3) is 10.9 Å². The third-order valence-corrected chi connectivity index (χ3v) is 6.69. The Balaban J connectivity index is 1.65. The lowest BCUT2D eigenvalue weighted by molar-refractivity contribution is 0.0696. The number of nitrogens with zero attached hydrogens (tertiary/aromatic N) is 4. The summed E-state index contributed by atoms with van der Waals surface area (Å²) in [5.41, 5.74) is 1.28. The van der Waals surface area contributed by atoms with Gasteiger partial charge in [-0.1, -0.05) is 19.3 Å². The fraction of sp³-hybridized carbons (Fsp3) is 0.609. The van der Waals surface area contributed by atoms with E-state index in [-0.39, 0.29) is 11.5 Å². The molecule has 29 heavy (non-hydrogen) atoms. The van der Waals surface area contributed by atoms with Crippen molar-refractivity contribution in [3.63, 3.8) is 0 Å². The molecule has 2 aromatic rings. The van der Waals surface area contributed by atoms with E-state index in [1.807, 2.05) is 22.6 Å². The summed E-state index contributed by atoms with van der Waals surface area (Å²) in [7, 11) is 1.91. The van der Waals surface area contributed by atoms with Gasteiger partial charge in [0.05, 0.1) is 10.9 Å². The zero-order valence-electron chi connectivity index (χ0n) is 17.9. The van der Waals surface area contributed by atoms with Crippen LogP contribution in [-0.2, 0) is 13.0 Å². The van der Waals surface area contributed by atoms with Crippen LogP contribution < -0.4 is 5.56 Å². The quantitative estimate of drug-likeness (QED) is 0.800. The summed E-state index contributed by atoms with van der Waals surface area (Å²) < 4.78 is 1.82. The number of benzene rings is 1. The molecule has 0 spiro atoms. The molecule has 1 aromatic carbocycles. The summed E-state index contributed by atoms with van der Waals surface area (Å²) in [5, 5.41) is 0.601. The first-order valence-electron chi connectivity index (χ1n) is 11.0. The molecule has 1 aromatic heterocycles. The highest BCUT2D eigenvalue weighted by Crippen LogP contribution is 2.23. The van der Waals surface area contributed by atoms with E-state index in [4.69, 9.17) is 4.98 Å². The number of aromatic nitrogens is 2. The fourth-order valence-corrected chi connectivity index (χ4v) is 4.76. The maximum Gasteiger partial charge on any atom is 0.261 e. The molecule has 0 radical (unpaired) electrons. The molecule has 6 heteroatoms. The molecule has 1 amide bonds. The zero-order valence-corrected chi connectivity index (χ0v) is 17.9. The minimum atomic E-state index is 0.00948. The lowest BCUT2D eigenvalue weighted by Gasteiger charge is -2.31. The average Bonchev–Trinajstić information content (AvgIpc) is 2.96. The van der Waals surface area contributed by atoms with Gasteiger partial charge in [-0.2, -0.15) is 0 Å². The van der Waals surface area contributed by atoms with E-state index in [9.17, 15) is 9.59 Å². The third kappa shape index (κ3) is 3.95. The normalized spacial score (nSPS) is 18.6. The molecule has 0 N–H and O–H groups in total. The first-order valence-corrected chi connectivity index (χ1v) is 11.0. The van der Waals surface area contributed by atoms with E-state index in [1.54, 1.807) is 12.1 Å². The van der Waals surface area contributed by atoms with Gasteiger partial charge in [0.25, 0.3) is 11.5 Å². The van der Waals surface area contributed by atoms with Gasteiger partial charge >= 0.3 is 0 Å². The second kappa shape index (κ2) is 8.27. The largest absolute Gasteiger partial charge is 0.339 e. The number of hydrogen-bond acceptors (Lipinski definition) is 4. The van der Waals surface area contributed by atoms with Crippen LogP contribution in [0.15, 0.2) is 23.0 Å². The molecular formula is C23H32N4O2. The molecule has 156 valence electrons. The summed E-state index contributed by atoms with van der Waals surface area (Å²) >= 11 is 0. The third-order valence-electron chi connectivity index (χ3n) is 6.69. The van der Waals surface area contributed by atoms with Crippen molar-refractivity contribution in [1.82, 2.24) is 19.4 Å². The van der Waals surface area contributed by atoms with E-state index in [0.29, 0.717) is 35.1 Å². The van der Waals surface area contributed by atoms with Crippen LogP contribution in [0.1, 0.15) is 62.1 Å². The second-order valence-corrected chi connectivity index (χ2v) is 8.80. The molecule has 2 aliphatic rings. The van der Waals surface area contributed by atoms with Gasteiger partial charge in [-0.3, -0.25) is 19.1 Å². The molecular weight excluding hydrogens is 364 g/mol. The van der Waals surface area contributed by atoms with Crippen molar-refractivity contribution in [1.29, 1.82) is 0 Å². The Labute approximate surface area is 172 Å². The highest BCUT2D eigenvalue weighted by Gasteiger charge is 2.24. The second-order valence-electron chi connectivity index (χ2n) is 8.80. The van der Waals surface area contributed by atoms with Crippen molar-refractivity contribution in [2.45, 2.75) is 71.0 Å². The molecule has 0 saturated heterocycles. The van der Waals surface area contributed by atoms with Crippen molar-refractivity contribution in [2.75, 3.05) is 20.1 Å². The van der Waals surface area contributed by atoms with E-state index >= 15 is 0 Å². The van der Waals surface area contributed by atoms with Gasteiger partial charge in [0.1, 0.15) is 5.82 Å². The molecule has 0 bridgehead atoms. The molecule has 1 saturated carbocycles. The Morgan fingerprint density at radius 2 is 1.90 bits per heavy atom. The van der Waals surface area contributed by atoms with Crippen molar-refractivity contribution in [3.05, 3.63) is 39.9 Å². The van der Waals surface area contributed by atoms with Gasteiger partial charge in [-0.25, -0.2) is 4.98 Å². The average molecular weight is 397 g/mol. The molecule has 1 aliphatic carbocycles. The topological polar surface area (TPSA) is 58.4 Å². The molecule has 1 aliphatic heterocycles. The van der Waals surface area contributed by atoms with Gasteiger partial charge < -0.3 is 4.90 Å². The monoisotopic (exact) mass is 396 g/mol. The van der Waals surface area contributed by atoms with E-state index in [1.165, 1.54) is 19.3 Å². The van der Waals surface area contributed by atoms with Crippen LogP contribution in [0.4, 0.5) is 0 Å². The Bertz CT molecular complexity index is 959. The summed E-state index contributed by atoms with van der Waals surface area (Å²) in [6, 6.07) is 6.15. The lowest BCUT2D eigenvalue weighted by Crippen LogP contribution is -2.38. The van der Waals surface area contributed by atoms with Gasteiger partial charge in [0.15, 0.2) is 0 Å². The fourth-order valence-electron chi connectivity index (χ4n) is 4.76. The Morgan fingerprint density at radius 1 is 1.14 bits per heavy atom. The van der Waals surface area contributed by atoms with Gasteiger partial charge in [-0.15, -0.1) is 0 Å². The molecule has 0 atom stereocenters. The predicted molar refractivity (Wildman–Crippen MR) is 115 cm³/mol. The summed E-state index contributed by atoms with van der Waals surface area (Å²) in [5.74, 6) is 0.859. The van der Waals surface area contributed by atoms with Gasteiger partial charge in [0, 0.05) is 50.7 Å². The Hall–Kier alpha value is -2.21. The summed E-state index contributed by atoms with van der Waals surface area (Å²) in [6.07, 6.45) is 6.56. The van der Waals surface area contributed by atoms with Crippen LogP contribution in [-0.4, -0.2) is 57.5 Å². The molecule has 0 unspecified atom stereocenters. The zero-order chi connectivity index (χ0) is 20.5. The number of carbonyl (C=O) groups excluding carboxylic acids is 1. The Morgan fingerprint density at radius 3 is 2.62 bits per heavy atom. The first-order chi connectivity index (χ1) is 14.0. The smallest absolute Gasteiger partial charge is 0.261 e. The number of rotatable bonds is 3. The predicted octanol–water partition coefficient (Wildman–Crippen LogP) is 3.07. The van der Waals surface area contributed by atoms with Gasteiger partial charge in [-0.05, 0) is 44.9 Å². The number of fused-ring (bicyclic) bond motifs is 2. The summed E-state index contributed by atoms with van der Waals surface area (Å²) in [6.45, 7) is 6.80. The number of amides is 1. The van der Waals surface area contributed by atoms with Crippen LogP contribution in [0.5, 0.6) is 0 Å². The van der Waals surface area contributed by atoms with Crippen molar-refractivity contribution < 1.29 is 4.79 Å².